The van der Waals surface area contributed by atoms with Crippen molar-refractivity contribution in [2.45, 2.75) is 58.4 Å². The quantitative estimate of drug-likeness (QED) is 0.658. The van der Waals surface area contributed by atoms with Gasteiger partial charge in [-0.3, -0.25) is 4.79 Å². The highest BCUT2D eigenvalue weighted by Crippen LogP contribution is 2.34. The molecule has 0 radical (unpaired) electrons. The summed E-state index contributed by atoms with van der Waals surface area (Å²) < 4.78 is 7.55. The van der Waals surface area contributed by atoms with Crippen LogP contribution in [0.25, 0.3) is 11.1 Å². The average molecular weight is 380 g/mol. The second kappa shape index (κ2) is 7.41. The Morgan fingerprint density at radius 1 is 1.29 bits per heavy atom. The third kappa shape index (κ3) is 3.21. The molecule has 0 spiro atoms. The van der Waals surface area contributed by atoms with E-state index in [-0.39, 0.29) is 17.9 Å². The molecule has 4 heterocycles. The van der Waals surface area contributed by atoms with Crippen molar-refractivity contribution in [1.29, 1.82) is 0 Å². The number of hydrogen-bond donors (Lipinski definition) is 0. The van der Waals surface area contributed by atoms with Crippen molar-refractivity contribution in [3.63, 3.8) is 0 Å². The maximum Gasteiger partial charge on any atom is 0.259 e. The molecule has 0 aromatic carbocycles. The van der Waals surface area contributed by atoms with E-state index in [1.54, 1.807) is 0 Å². The van der Waals surface area contributed by atoms with E-state index in [4.69, 9.17) is 4.52 Å². The molecule has 6 heteroatoms. The molecule has 1 saturated heterocycles. The van der Waals surface area contributed by atoms with Crippen LogP contribution in [0.5, 0.6) is 0 Å². The number of carbonyl (C=O) groups is 1. The smallest absolute Gasteiger partial charge is 0.259 e. The van der Waals surface area contributed by atoms with Gasteiger partial charge in [0.15, 0.2) is 0 Å². The zero-order chi connectivity index (χ0) is 19.8. The van der Waals surface area contributed by atoms with E-state index in [1.165, 1.54) is 5.69 Å². The highest BCUT2D eigenvalue weighted by Gasteiger charge is 2.31. The van der Waals surface area contributed by atoms with Crippen LogP contribution < -0.4 is 0 Å². The van der Waals surface area contributed by atoms with Crippen LogP contribution in [0.1, 0.15) is 78.9 Å². The van der Waals surface area contributed by atoms with Gasteiger partial charge in [0.2, 0.25) is 0 Å². The third-order valence-electron chi connectivity index (χ3n) is 5.80. The minimum atomic E-state index is 0.0497. The predicted molar refractivity (Wildman–Crippen MR) is 108 cm³/mol. The lowest BCUT2D eigenvalue weighted by Crippen LogP contribution is -2.36. The van der Waals surface area contributed by atoms with Crippen LogP contribution in [0.4, 0.5) is 0 Å². The van der Waals surface area contributed by atoms with Gasteiger partial charge in [-0.2, -0.15) is 0 Å². The Bertz CT molecular complexity index is 1000. The molecular weight excluding hydrogens is 352 g/mol. The first-order valence-corrected chi connectivity index (χ1v) is 10.2. The summed E-state index contributed by atoms with van der Waals surface area (Å²) in [6.07, 6.45) is 6.35. The first-order chi connectivity index (χ1) is 13.5. The van der Waals surface area contributed by atoms with Crippen molar-refractivity contribution in [2.24, 2.45) is 7.05 Å². The zero-order valence-corrected chi connectivity index (χ0v) is 17.1. The Morgan fingerprint density at radius 3 is 2.82 bits per heavy atom. The Balaban J connectivity index is 1.82. The molecule has 3 aromatic rings. The fourth-order valence-electron chi connectivity index (χ4n) is 4.21. The number of amides is 1. The third-order valence-corrected chi connectivity index (χ3v) is 5.80. The van der Waals surface area contributed by atoms with Crippen LogP contribution in [0.15, 0.2) is 28.9 Å². The molecular formula is C22H28N4O2. The topological polar surface area (TPSA) is 64.2 Å². The number of nitrogens with zero attached hydrogens (tertiary/aromatic N) is 4. The summed E-state index contributed by atoms with van der Waals surface area (Å²) in [6, 6.07) is 6.20. The van der Waals surface area contributed by atoms with Gasteiger partial charge in [0.25, 0.3) is 11.6 Å². The Hall–Kier alpha value is -2.63. The molecule has 0 aliphatic carbocycles. The molecule has 0 bridgehead atoms. The minimum Gasteiger partial charge on any atom is -0.353 e. The maximum atomic E-state index is 13.8. The van der Waals surface area contributed by atoms with E-state index in [1.807, 2.05) is 17.9 Å². The highest BCUT2D eigenvalue weighted by molar-refractivity contribution is 6.06. The molecule has 6 nitrogen and oxygen atoms in total. The largest absolute Gasteiger partial charge is 0.353 e. The van der Waals surface area contributed by atoms with Gasteiger partial charge in [0, 0.05) is 31.2 Å². The lowest BCUT2D eigenvalue weighted by atomic mass is 10.0. The number of aromatic nitrogens is 3. The summed E-state index contributed by atoms with van der Waals surface area (Å²) in [5.74, 6) is 0.253. The van der Waals surface area contributed by atoms with E-state index in [0.717, 1.165) is 43.3 Å². The molecule has 148 valence electrons. The summed E-state index contributed by atoms with van der Waals surface area (Å²) in [4.78, 5) is 20.5. The maximum absolute atomic E-state index is 13.8. The van der Waals surface area contributed by atoms with Gasteiger partial charge in [0.05, 0.1) is 22.7 Å². The van der Waals surface area contributed by atoms with Gasteiger partial charge in [-0.15, -0.1) is 0 Å². The molecule has 1 aliphatic heterocycles. The van der Waals surface area contributed by atoms with E-state index < -0.39 is 0 Å². The van der Waals surface area contributed by atoms with Crippen LogP contribution in [0.2, 0.25) is 0 Å². The molecule has 1 fully saturated rings. The lowest BCUT2D eigenvalue weighted by molar-refractivity contribution is 0.0676. The van der Waals surface area contributed by atoms with Gasteiger partial charge < -0.3 is 14.0 Å². The second-order valence-electron chi connectivity index (χ2n) is 8.11. The Kier molecular flexibility index (Phi) is 4.96. The normalized spacial score (nSPS) is 18.0. The van der Waals surface area contributed by atoms with Gasteiger partial charge >= 0.3 is 0 Å². The number of likely N-dealkylation sites (tertiary alicyclic amines) is 1. The van der Waals surface area contributed by atoms with Gasteiger partial charge in [-0.25, -0.2) is 4.98 Å². The second-order valence-corrected chi connectivity index (χ2v) is 8.11. The number of rotatable bonds is 3. The van der Waals surface area contributed by atoms with Gasteiger partial charge in [0.1, 0.15) is 0 Å². The Labute approximate surface area is 165 Å². The number of carbonyl (C=O) groups excluding carboxylic acids is 1. The summed E-state index contributed by atoms with van der Waals surface area (Å²) in [6.45, 7) is 6.78. The van der Waals surface area contributed by atoms with Crippen molar-refractivity contribution in [2.75, 3.05) is 6.54 Å². The number of aryl methyl sites for hydroxylation is 2. The molecule has 0 saturated carbocycles. The van der Waals surface area contributed by atoms with Gasteiger partial charge in [-0.05, 0) is 43.9 Å². The minimum absolute atomic E-state index is 0.0497. The molecule has 0 N–H and O–H groups in total. The molecule has 1 unspecified atom stereocenters. The summed E-state index contributed by atoms with van der Waals surface area (Å²) in [5.41, 5.74) is 3.88. The van der Waals surface area contributed by atoms with Crippen molar-refractivity contribution in [1.82, 2.24) is 19.6 Å². The van der Waals surface area contributed by atoms with Gasteiger partial charge in [-0.1, -0.05) is 31.8 Å². The van der Waals surface area contributed by atoms with Crippen LogP contribution in [0.3, 0.4) is 0 Å². The lowest BCUT2D eigenvalue weighted by Gasteiger charge is -2.31. The van der Waals surface area contributed by atoms with Crippen LogP contribution in [-0.4, -0.2) is 32.1 Å². The van der Waals surface area contributed by atoms with Crippen molar-refractivity contribution in [3.8, 4) is 0 Å². The molecule has 3 aromatic heterocycles. The molecule has 1 amide bonds. The number of hydrogen-bond acceptors (Lipinski definition) is 4. The Morgan fingerprint density at radius 2 is 2.11 bits per heavy atom. The first kappa shape index (κ1) is 18.7. The zero-order valence-electron chi connectivity index (χ0n) is 17.1. The number of pyridine rings is 1. The number of fused-ring (bicyclic) bond motifs is 1. The molecule has 1 aliphatic rings. The van der Waals surface area contributed by atoms with Crippen molar-refractivity contribution < 1.29 is 9.32 Å². The monoisotopic (exact) mass is 380 g/mol. The predicted octanol–water partition coefficient (Wildman–Crippen LogP) is 4.75. The van der Waals surface area contributed by atoms with E-state index >= 15 is 0 Å². The summed E-state index contributed by atoms with van der Waals surface area (Å²) in [5, 5.41) is 4.81. The first-order valence-electron chi connectivity index (χ1n) is 10.2. The molecule has 4 rings (SSSR count). The summed E-state index contributed by atoms with van der Waals surface area (Å²) in [7, 11) is 2.05. The van der Waals surface area contributed by atoms with Crippen molar-refractivity contribution in [3.05, 3.63) is 47.0 Å². The SMILES string of the molecule is Cc1noc2nc(C(C)C)cc(C(=O)N3CCCCCC3c3cccn3C)c12. The molecule has 28 heavy (non-hydrogen) atoms. The fourth-order valence-corrected chi connectivity index (χ4v) is 4.21. The average Bonchev–Trinajstić information content (AvgIpc) is 3.18. The van der Waals surface area contributed by atoms with E-state index in [0.29, 0.717) is 17.0 Å². The highest BCUT2D eigenvalue weighted by atomic mass is 16.5. The fraction of sp³-hybridized carbons (Fsp3) is 0.500. The van der Waals surface area contributed by atoms with Crippen LogP contribution in [-0.2, 0) is 7.05 Å². The van der Waals surface area contributed by atoms with Crippen LogP contribution in [0, 0.1) is 6.92 Å². The van der Waals surface area contributed by atoms with Crippen molar-refractivity contribution >= 4 is 17.0 Å². The summed E-state index contributed by atoms with van der Waals surface area (Å²) >= 11 is 0. The standard InChI is InChI=1S/C22H28N4O2/c1-14(2)17-13-16(20-15(3)24-28-21(20)23-17)22(27)26-12-7-5-6-9-19(26)18-10-8-11-25(18)4/h8,10-11,13-14,19H,5-7,9,12H2,1-4H3. The van der Waals surface area contributed by atoms with Crippen LogP contribution >= 0.6 is 0 Å². The van der Waals surface area contributed by atoms with E-state index in [2.05, 4.69) is 53.9 Å². The van der Waals surface area contributed by atoms with E-state index in [9.17, 15) is 4.79 Å². The molecule has 1 atom stereocenters.